The van der Waals surface area contributed by atoms with Crippen molar-refractivity contribution in [1.82, 2.24) is 4.98 Å². The summed E-state index contributed by atoms with van der Waals surface area (Å²) in [7, 11) is 0. The molecular formula is C33H29BrN2O9. The maximum Gasteiger partial charge on any atom is 0.345 e. The third-order valence-corrected chi connectivity index (χ3v) is 6.69. The number of rotatable bonds is 10. The molecule has 45 heavy (non-hydrogen) atoms. The minimum atomic E-state index is -1.25. The van der Waals surface area contributed by atoms with Gasteiger partial charge in [-0.25, -0.2) is 23.7 Å². The summed E-state index contributed by atoms with van der Waals surface area (Å²) in [5, 5.41) is 0. The number of hydrogen-bond acceptors (Lipinski definition) is 10. The molecule has 2 heterocycles. The zero-order valence-electron chi connectivity index (χ0n) is 24.1. The standard InChI is InChI=1S/C33H29N2O9.BrH/c1-2-40-31(37)25-18-34-21-35(19-25)29-28(44-33(39)24-16-10-5-11-17-24)27(43-32(38)23-14-8-4-9-15-23)26(42-29)20-41-30(36)22-12-6-3-7-13-22;/h3-19,21,26-29H,2,20H2,1H3;1H/q+1;/p-1. The molecule has 0 spiro atoms. The van der Waals surface area contributed by atoms with Gasteiger partial charge in [-0.15, -0.1) is 0 Å². The summed E-state index contributed by atoms with van der Waals surface area (Å²) in [6.07, 6.45) is -0.590. The maximum atomic E-state index is 13.3. The second-order valence-corrected chi connectivity index (χ2v) is 9.65. The molecule has 1 aliphatic rings. The third kappa shape index (κ3) is 8.16. The van der Waals surface area contributed by atoms with E-state index in [2.05, 4.69) is 4.98 Å². The minimum absolute atomic E-state index is 0. The van der Waals surface area contributed by atoms with E-state index in [9.17, 15) is 19.2 Å². The molecule has 3 aromatic carbocycles. The molecule has 4 aromatic rings. The first-order valence-electron chi connectivity index (χ1n) is 13.9. The fourth-order valence-corrected chi connectivity index (χ4v) is 4.57. The van der Waals surface area contributed by atoms with E-state index in [1.165, 1.54) is 23.3 Å². The summed E-state index contributed by atoms with van der Waals surface area (Å²) in [5.41, 5.74) is 0.931. The molecular weight excluding hydrogens is 648 g/mol. The van der Waals surface area contributed by atoms with Crippen LogP contribution in [-0.4, -0.2) is 60.4 Å². The second-order valence-electron chi connectivity index (χ2n) is 9.65. The molecule has 1 aliphatic heterocycles. The van der Waals surface area contributed by atoms with Gasteiger partial charge in [-0.3, -0.25) is 0 Å². The highest BCUT2D eigenvalue weighted by Crippen LogP contribution is 2.32. The molecule has 232 valence electrons. The molecule has 1 aromatic heterocycles. The molecule has 4 unspecified atom stereocenters. The Morgan fingerprint density at radius 2 is 1.18 bits per heavy atom. The van der Waals surface area contributed by atoms with E-state index < -0.39 is 48.4 Å². The Kier molecular flexibility index (Phi) is 11.5. The topological polar surface area (TPSA) is 131 Å². The Balaban J connectivity index is 0.00000461. The van der Waals surface area contributed by atoms with Crippen molar-refractivity contribution in [3.8, 4) is 0 Å². The monoisotopic (exact) mass is 676 g/mol. The summed E-state index contributed by atoms with van der Waals surface area (Å²) < 4.78 is 30.2. The van der Waals surface area contributed by atoms with Gasteiger partial charge in [-0.1, -0.05) is 59.6 Å². The lowest BCUT2D eigenvalue weighted by Gasteiger charge is -2.23. The number of carbonyl (C=O) groups excluding carboxylic acids is 4. The van der Waals surface area contributed by atoms with E-state index in [1.54, 1.807) is 97.9 Å². The van der Waals surface area contributed by atoms with Gasteiger partial charge < -0.3 is 40.7 Å². The Labute approximate surface area is 269 Å². The van der Waals surface area contributed by atoms with E-state index >= 15 is 0 Å². The van der Waals surface area contributed by atoms with Gasteiger partial charge >= 0.3 is 23.9 Å². The molecule has 0 amide bonds. The molecule has 0 aliphatic carbocycles. The summed E-state index contributed by atoms with van der Waals surface area (Å²) in [5.74, 6) is -2.65. The lowest BCUT2D eigenvalue weighted by molar-refractivity contribution is -0.767. The lowest BCUT2D eigenvalue weighted by atomic mass is 10.1. The molecule has 4 atom stereocenters. The Hall–Kier alpha value is -4.94. The van der Waals surface area contributed by atoms with Gasteiger partial charge in [-0.2, -0.15) is 0 Å². The van der Waals surface area contributed by atoms with Crippen LogP contribution in [0.15, 0.2) is 110 Å². The van der Waals surface area contributed by atoms with Crippen LogP contribution < -0.4 is 21.5 Å². The van der Waals surface area contributed by atoms with E-state index in [-0.39, 0.29) is 46.9 Å². The SMILES string of the molecule is CCOC(=O)c1cnc[n+](C2OC(COC(=O)c3ccccc3)C(OC(=O)c3ccccc3)C2OC(=O)c2ccccc2)c1.[Br-]. The minimum Gasteiger partial charge on any atom is -1.00 e. The Morgan fingerprint density at radius 1 is 0.689 bits per heavy atom. The number of esters is 4. The second kappa shape index (κ2) is 15.7. The predicted molar refractivity (Wildman–Crippen MR) is 152 cm³/mol. The number of benzene rings is 3. The van der Waals surface area contributed by atoms with Crippen LogP contribution in [0.1, 0.15) is 54.6 Å². The van der Waals surface area contributed by atoms with E-state index in [1.807, 2.05) is 0 Å². The van der Waals surface area contributed by atoms with Crippen molar-refractivity contribution < 1.29 is 64.4 Å². The molecule has 0 radical (unpaired) electrons. The van der Waals surface area contributed by atoms with Gasteiger partial charge in [0, 0.05) is 0 Å². The highest BCUT2D eigenvalue weighted by Gasteiger charge is 2.53. The number of hydrogen-bond donors (Lipinski definition) is 0. The van der Waals surface area contributed by atoms with Gasteiger partial charge in [-0.05, 0) is 43.3 Å². The molecule has 5 rings (SSSR count). The van der Waals surface area contributed by atoms with Crippen molar-refractivity contribution in [2.75, 3.05) is 13.2 Å². The van der Waals surface area contributed by atoms with Crippen LogP contribution in [0.25, 0.3) is 0 Å². The fourth-order valence-electron chi connectivity index (χ4n) is 4.57. The van der Waals surface area contributed by atoms with E-state index in [0.717, 1.165) is 0 Å². The van der Waals surface area contributed by atoms with Crippen LogP contribution in [0.2, 0.25) is 0 Å². The van der Waals surface area contributed by atoms with Crippen molar-refractivity contribution in [3.05, 3.63) is 132 Å². The number of nitrogens with zero attached hydrogens (tertiary/aromatic N) is 2. The van der Waals surface area contributed by atoms with Crippen LogP contribution in [0.4, 0.5) is 0 Å². The van der Waals surface area contributed by atoms with Gasteiger partial charge in [0.15, 0.2) is 12.3 Å². The summed E-state index contributed by atoms with van der Waals surface area (Å²) in [6.45, 7) is 1.48. The lowest BCUT2D eigenvalue weighted by Crippen LogP contribution is -3.00. The normalized spacial score (nSPS) is 18.6. The van der Waals surface area contributed by atoms with Crippen molar-refractivity contribution in [3.63, 3.8) is 0 Å². The zero-order valence-corrected chi connectivity index (χ0v) is 25.6. The number of ether oxygens (including phenoxy) is 5. The van der Waals surface area contributed by atoms with Gasteiger partial charge in [0.1, 0.15) is 24.5 Å². The van der Waals surface area contributed by atoms with Crippen LogP contribution in [0, 0.1) is 0 Å². The van der Waals surface area contributed by atoms with Crippen molar-refractivity contribution >= 4 is 23.9 Å². The van der Waals surface area contributed by atoms with Crippen LogP contribution in [-0.2, 0) is 23.7 Å². The molecule has 1 fully saturated rings. The van der Waals surface area contributed by atoms with E-state index in [4.69, 9.17) is 23.7 Å². The summed E-state index contributed by atoms with van der Waals surface area (Å²) >= 11 is 0. The predicted octanol–water partition coefficient (Wildman–Crippen LogP) is 0.755. The number of carbonyl (C=O) groups is 4. The molecule has 1 saturated heterocycles. The van der Waals surface area contributed by atoms with Crippen LogP contribution >= 0.6 is 0 Å². The average molecular weight is 678 g/mol. The molecule has 12 heteroatoms. The smallest absolute Gasteiger partial charge is 0.345 e. The highest BCUT2D eigenvalue weighted by molar-refractivity contribution is 5.91. The van der Waals surface area contributed by atoms with Gasteiger partial charge in [0.25, 0.3) is 6.33 Å². The van der Waals surface area contributed by atoms with Crippen LogP contribution in [0.3, 0.4) is 0 Å². The largest absolute Gasteiger partial charge is 1.00 e. The summed E-state index contributed by atoms with van der Waals surface area (Å²) in [4.78, 5) is 55.9. The zero-order chi connectivity index (χ0) is 30.9. The maximum absolute atomic E-state index is 13.3. The number of aromatic nitrogens is 2. The van der Waals surface area contributed by atoms with Gasteiger partial charge in [0.2, 0.25) is 12.3 Å². The Bertz CT molecular complexity index is 1610. The Morgan fingerprint density at radius 3 is 1.71 bits per heavy atom. The van der Waals surface area contributed by atoms with Crippen molar-refractivity contribution in [1.29, 1.82) is 0 Å². The average Bonchev–Trinajstić information content (AvgIpc) is 3.41. The first kappa shape index (κ1) is 33.0. The van der Waals surface area contributed by atoms with Crippen molar-refractivity contribution in [2.24, 2.45) is 0 Å². The van der Waals surface area contributed by atoms with E-state index in [0.29, 0.717) is 5.56 Å². The molecule has 0 saturated carbocycles. The summed E-state index contributed by atoms with van der Waals surface area (Å²) in [6, 6.07) is 24.9. The third-order valence-electron chi connectivity index (χ3n) is 6.69. The number of halogens is 1. The molecule has 0 N–H and O–H groups in total. The van der Waals surface area contributed by atoms with Crippen LogP contribution in [0.5, 0.6) is 0 Å². The first-order valence-corrected chi connectivity index (χ1v) is 13.9. The molecule has 0 bridgehead atoms. The fraction of sp³-hybridized carbons (Fsp3) is 0.212. The first-order chi connectivity index (χ1) is 21.4. The quantitative estimate of drug-likeness (QED) is 0.135. The van der Waals surface area contributed by atoms with Gasteiger partial charge in [0.05, 0.1) is 23.3 Å². The molecule has 11 nitrogen and oxygen atoms in total. The van der Waals surface area contributed by atoms with Crippen molar-refractivity contribution in [2.45, 2.75) is 31.5 Å². The highest BCUT2D eigenvalue weighted by atomic mass is 79.9.